The average Bonchev–Trinajstić information content (AvgIpc) is 2.94. The van der Waals surface area contributed by atoms with E-state index in [4.69, 9.17) is 4.42 Å². The van der Waals surface area contributed by atoms with Crippen LogP contribution in [0.5, 0.6) is 0 Å². The molecule has 0 saturated carbocycles. The van der Waals surface area contributed by atoms with Gasteiger partial charge < -0.3 is 4.42 Å². The largest absolute Gasteiger partial charge is 0.464 e. The van der Waals surface area contributed by atoms with Gasteiger partial charge in [-0.25, -0.2) is 0 Å². The van der Waals surface area contributed by atoms with Crippen LogP contribution in [0.3, 0.4) is 0 Å². The number of benzene rings is 1. The van der Waals surface area contributed by atoms with E-state index in [2.05, 4.69) is 0 Å². The summed E-state index contributed by atoms with van der Waals surface area (Å²) in [6, 6.07) is 9.49. The van der Waals surface area contributed by atoms with E-state index in [1.807, 2.05) is 42.6 Å². The van der Waals surface area contributed by atoms with Crippen LogP contribution in [0.1, 0.15) is 20.8 Å². The maximum Gasteiger partial charge on any atom is 0.197 e. The number of hydrogen-bond acceptors (Lipinski definition) is 3. The van der Waals surface area contributed by atoms with Gasteiger partial charge in [0.15, 0.2) is 5.78 Å². The van der Waals surface area contributed by atoms with Gasteiger partial charge in [0, 0.05) is 21.2 Å². The second kappa shape index (κ2) is 3.86. The highest BCUT2D eigenvalue weighted by Gasteiger charge is 2.16. The molecule has 2 aromatic heterocycles. The molecule has 0 aliphatic carbocycles. The Balaban J connectivity index is 2.13. The molecule has 3 heteroatoms. The van der Waals surface area contributed by atoms with Crippen LogP contribution in [-0.4, -0.2) is 5.78 Å². The van der Waals surface area contributed by atoms with Crippen LogP contribution in [0.4, 0.5) is 0 Å². The first-order valence-corrected chi connectivity index (χ1v) is 6.20. The molecule has 0 saturated heterocycles. The summed E-state index contributed by atoms with van der Waals surface area (Å²) in [6.07, 6.45) is 1.54. The monoisotopic (exact) mass is 242 g/mol. The van der Waals surface area contributed by atoms with Gasteiger partial charge in [0.2, 0.25) is 0 Å². The van der Waals surface area contributed by atoms with E-state index in [9.17, 15) is 4.79 Å². The van der Waals surface area contributed by atoms with Gasteiger partial charge in [-0.15, -0.1) is 11.3 Å². The van der Waals surface area contributed by atoms with Crippen molar-refractivity contribution in [1.29, 1.82) is 0 Å². The lowest BCUT2D eigenvalue weighted by atomic mass is 10.1. The van der Waals surface area contributed by atoms with Crippen LogP contribution >= 0.6 is 11.3 Å². The molecular formula is C14H10O2S. The van der Waals surface area contributed by atoms with Crippen LogP contribution in [-0.2, 0) is 0 Å². The van der Waals surface area contributed by atoms with E-state index in [0.29, 0.717) is 5.56 Å². The van der Waals surface area contributed by atoms with Gasteiger partial charge in [0.05, 0.1) is 5.56 Å². The Labute approximate surface area is 102 Å². The van der Waals surface area contributed by atoms with Crippen molar-refractivity contribution < 1.29 is 9.21 Å². The third kappa shape index (κ3) is 1.68. The number of furan rings is 1. The fraction of sp³-hybridized carbons (Fsp3) is 0.0714. The molecule has 1 aromatic carbocycles. The summed E-state index contributed by atoms with van der Waals surface area (Å²) in [5.41, 5.74) is 2.13. The smallest absolute Gasteiger partial charge is 0.197 e. The summed E-state index contributed by atoms with van der Waals surface area (Å²) in [4.78, 5) is 13.4. The number of rotatable bonds is 2. The number of carbonyl (C=O) groups excluding carboxylic acids is 1. The summed E-state index contributed by atoms with van der Waals surface area (Å²) in [5, 5.41) is 2.76. The average molecular weight is 242 g/mol. The highest BCUT2D eigenvalue weighted by molar-refractivity contribution is 7.10. The Morgan fingerprint density at radius 2 is 2.12 bits per heavy atom. The van der Waals surface area contributed by atoms with Crippen LogP contribution in [0, 0.1) is 6.92 Å². The molecule has 84 valence electrons. The first-order valence-electron chi connectivity index (χ1n) is 5.32. The minimum absolute atomic E-state index is 0.0271. The topological polar surface area (TPSA) is 30.2 Å². The molecule has 0 atom stereocenters. The standard InChI is InChI=1S/C14H10O2S/c1-9-6-10(8-17-9)14(15)12-7-16-13-5-3-2-4-11(12)13/h2-8H,1H3. The lowest BCUT2D eigenvalue weighted by Gasteiger charge is -1.94. The number of carbonyl (C=O) groups is 1. The van der Waals surface area contributed by atoms with E-state index >= 15 is 0 Å². The predicted molar refractivity (Wildman–Crippen MR) is 68.7 cm³/mol. The zero-order chi connectivity index (χ0) is 11.8. The van der Waals surface area contributed by atoms with Crippen LogP contribution in [0.25, 0.3) is 11.0 Å². The summed E-state index contributed by atoms with van der Waals surface area (Å²) in [5.74, 6) is 0.0271. The summed E-state index contributed by atoms with van der Waals surface area (Å²) in [7, 11) is 0. The van der Waals surface area contributed by atoms with Crippen molar-refractivity contribution >= 4 is 28.1 Å². The molecule has 0 amide bonds. The van der Waals surface area contributed by atoms with Crippen molar-refractivity contribution in [2.75, 3.05) is 0 Å². The Kier molecular flexibility index (Phi) is 2.34. The molecule has 0 bridgehead atoms. The van der Waals surface area contributed by atoms with Crippen molar-refractivity contribution in [2.45, 2.75) is 6.92 Å². The first-order chi connectivity index (χ1) is 8.25. The molecule has 2 heterocycles. The van der Waals surface area contributed by atoms with Crippen molar-refractivity contribution in [3.8, 4) is 0 Å². The van der Waals surface area contributed by atoms with Gasteiger partial charge in [0.1, 0.15) is 11.8 Å². The minimum atomic E-state index is 0.0271. The predicted octanol–water partition coefficient (Wildman–Crippen LogP) is 4.03. The van der Waals surface area contributed by atoms with E-state index in [0.717, 1.165) is 21.4 Å². The van der Waals surface area contributed by atoms with Crippen molar-refractivity contribution in [2.24, 2.45) is 0 Å². The van der Waals surface area contributed by atoms with Crippen molar-refractivity contribution in [3.05, 3.63) is 58.0 Å². The molecule has 0 N–H and O–H groups in total. The fourth-order valence-corrected chi connectivity index (χ4v) is 2.55. The zero-order valence-electron chi connectivity index (χ0n) is 9.27. The van der Waals surface area contributed by atoms with Crippen LogP contribution in [0.2, 0.25) is 0 Å². The number of fused-ring (bicyclic) bond motifs is 1. The van der Waals surface area contributed by atoms with E-state index in [1.165, 1.54) is 0 Å². The maximum absolute atomic E-state index is 12.3. The molecule has 0 radical (unpaired) electrons. The lowest BCUT2D eigenvalue weighted by Crippen LogP contribution is -1.97. The normalized spacial score (nSPS) is 10.9. The summed E-state index contributed by atoms with van der Waals surface area (Å²) < 4.78 is 5.38. The molecule has 0 fully saturated rings. The van der Waals surface area contributed by atoms with Gasteiger partial charge in [-0.05, 0) is 19.1 Å². The van der Waals surface area contributed by atoms with Gasteiger partial charge in [-0.1, -0.05) is 18.2 Å². The molecule has 3 aromatic rings. The molecule has 17 heavy (non-hydrogen) atoms. The summed E-state index contributed by atoms with van der Waals surface area (Å²) in [6.45, 7) is 1.99. The second-order valence-electron chi connectivity index (χ2n) is 3.92. The first kappa shape index (κ1) is 10.3. The zero-order valence-corrected chi connectivity index (χ0v) is 10.1. The van der Waals surface area contributed by atoms with E-state index in [1.54, 1.807) is 17.6 Å². The second-order valence-corrected chi connectivity index (χ2v) is 5.04. The van der Waals surface area contributed by atoms with Crippen LogP contribution < -0.4 is 0 Å². The third-order valence-electron chi connectivity index (χ3n) is 2.72. The molecule has 3 rings (SSSR count). The number of thiophene rings is 1. The Bertz CT molecular complexity index is 691. The van der Waals surface area contributed by atoms with E-state index in [-0.39, 0.29) is 5.78 Å². The molecule has 0 aliphatic rings. The number of para-hydroxylation sites is 1. The Morgan fingerprint density at radius 1 is 1.29 bits per heavy atom. The Morgan fingerprint density at radius 3 is 2.88 bits per heavy atom. The Hall–Kier alpha value is -1.87. The van der Waals surface area contributed by atoms with Gasteiger partial charge in [0.25, 0.3) is 0 Å². The highest BCUT2D eigenvalue weighted by Crippen LogP contribution is 2.25. The van der Waals surface area contributed by atoms with Gasteiger partial charge >= 0.3 is 0 Å². The SMILES string of the molecule is Cc1cc(C(=O)c2coc3ccccc23)cs1. The number of ketones is 1. The molecule has 0 unspecified atom stereocenters. The highest BCUT2D eigenvalue weighted by atomic mass is 32.1. The molecule has 2 nitrogen and oxygen atoms in total. The molecule has 0 spiro atoms. The summed E-state index contributed by atoms with van der Waals surface area (Å²) >= 11 is 1.58. The maximum atomic E-state index is 12.3. The van der Waals surface area contributed by atoms with Crippen LogP contribution in [0.15, 0.2) is 46.4 Å². The van der Waals surface area contributed by atoms with Gasteiger partial charge in [-0.2, -0.15) is 0 Å². The molecule has 0 aliphatic heterocycles. The van der Waals surface area contributed by atoms with Gasteiger partial charge in [-0.3, -0.25) is 4.79 Å². The van der Waals surface area contributed by atoms with Crippen molar-refractivity contribution in [3.63, 3.8) is 0 Å². The minimum Gasteiger partial charge on any atom is -0.464 e. The molecular weight excluding hydrogens is 232 g/mol. The quantitative estimate of drug-likeness (QED) is 0.635. The fourth-order valence-electron chi connectivity index (χ4n) is 1.87. The lowest BCUT2D eigenvalue weighted by molar-refractivity contribution is 0.104. The number of hydrogen-bond donors (Lipinski definition) is 0. The third-order valence-corrected chi connectivity index (χ3v) is 3.58. The number of aryl methyl sites for hydroxylation is 1. The van der Waals surface area contributed by atoms with Crippen molar-refractivity contribution in [1.82, 2.24) is 0 Å². The van der Waals surface area contributed by atoms with E-state index < -0.39 is 0 Å².